The van der Waals surface area contributed by atoms with Gasteiger partial charge in [-0.05, 0) is 46.9 Å². The van der Waals surface area contributed by atoms with Gasteiger partial charge in [0.2, 0.25) is 5.91 Å². The van der Waals surface area contributed by atoms with Crippen LogP contribution in [-0.2, 0) is 11.3 Å². The summed E-state index contributed by atoms with van der Waals surface area (Å²) in [6, 6.07) is 8.21. The summed E-state index contributed by atoms with van der Waals surface area (Å²) >= 11 is 1.70. The second-order valence-electron chi connectivity index (χ2n) is 5.16. The molecule has 0 unspecified atom stereocenters. The van der Waals surface area contributed by atoms with Gasteiger partial charge in [0, 0.05) is 11.2 Å². The van der Waals surface area contributed by atoms with Crippen molar-refractivity contribution in [2.24, 2.45) is 5.92 Å². The van der Waals surface area contributed by atoms with Crippen LogP contribution in [0.4, 0.5) is 0 Å². The molecule has 0 aliphatic carbocycles. The molecule has 102 valence electrons. The molecule has 0 saturated carbocycles. The molecule has 4 heteroatoms. The summed E-state index contributed by atoms with van der Waals surface area (Å²) in [6.45, 7) is 4.43. The standard InChI is InChI=1S/C15H19NO2S/c1-10(2)7-13(17)15(18)16-9-11-3-4-14-12(8-11)5-6-19-14/h3-6,8,10,13,17H,7,9H2,1-2H3,(H,16,18)/t13-/m1/s1. The average molecular weight is 277 g/mol. The van der Waals surface area contributed by atoms with Crippen LogP contribution in [-0.4, -0.2) is 17.1 Å². The van der Waals surface area contributed by atoms with E-state index in [1.807, 2.05) is 19.9 Å². The first-order chi connectivity index (χ1) is 9.06. The average Bonchev–Trinajstić information content (AvgIpc) is 2.82. The topological polar surface area (TPSA) is 49.3 Å². The minimum absolute atomic E-state index is 0.292. The molecule has 2 N–H and O–H groups in total. The van der Waals surface area contributed by atoms with Gasteiger partial charge in [-0.1, -0.05) is 19.9 Å². The Kier molecular flexibility index (Phi) is 4.56. The van der Waals surface area contributed by atoms with Crippen LogP contribution in [0.15, 0.2) is 29.6 Å². The number of hydrogen-bond acceptors (Lipinski definition) is 3. The Balaban J connectivity index is 1.92. The van der Waals surface area contributed by atoms with E-state index in [0.717, 1.165) is 5.56 Å². The zero-order valence-corrected chi connectivity index (χ0v) is 12.0. The molecule has 2 aromatic rings. The molecule has 0 aliphatic heterocycles. The lowest BCUT2D eigenvalue weighted by molar-refractivity contribution is -0.130. The molecule has 0 aliphatic rings. The van der Waals surface area contributed by atoms with Crippen LogP contribution in [0.5, 0.6) is 0 Å². The van der Waals surface area contributed by atoms with Gasteiger partial charge in [-0.2, -0.15) is 0 Å². The minimum Gasteiger partial charge on any atom is -0.383 e. The molecular weight excluding hydrogens is 258 g/mol. The van der Waals surface area contributed by atoms with Crippen LogP contribution in [0.2, 0.25) is 0 Å². The van der Waals surface area contributed by atoms with E-state index >= 15 is 0 Å². The van der Waals surface area contributed by atoms with E-state index in [4.69, 9.17) is 0 Å². The molecule has 1 atom stereocenters. The van der Waals surface area contributed by atoms with Crippen molar-refractivity contribution in [2.75, 3.05) is 0 Å². The van der Waals surface area contributed by atoms with E-state index in [0.29, 0.717) is 18.9 Å². The zero-order valence-electron chi connectivity index (χ0n) is 11.2. The molecule has 2 rings (SSSR count). The van der Waals surface area contributed by atoms with Crippen LogP contribution in [0.1, 0.15) is 25.8 Å². The number of benzene rings is 1. The quantitative estimate of drug-likeness (QED) is 0.883. The first-order valence-corrected chi connectivity index (χ1v) is 7.36. The van der Waals surface area contributed by atoms with E-state index in [1.54, 1.807) is 11.3 Å². The fraction of sp³-hybridized carbons (Fsp3) is 0.400. The summed E-state index contributed by atoms with van der Waals surface area (Å²) in [7, 11) is 0. The maximum absolute atomic E-state index is 11.7. The molecule has 0 fully saturated rings. The lowest BCUT2D eigenvalue weighted by Crippen LogP contribution is -2.34. The fourth-order valence-electron chi connectivity index (χ4n) is 1.99. The fourth-order valence-corrected chi connectivity index (χ4v) is 2.76. The van der Waals surface area contributed by atoms with Gasteiger partial charge in [-0.25, -0.2) is 0 Å². The maximum Gasteiger partial charge on any atom is 0.249 e. The highest BCUT2D eigenvalue weighted by atomic mass is 32.1. The Morgan fingerprint density at radius 3 is 2.89 bits per heavy atom. The van der Waals surface area contributed by atoms with E-state index in [9.17, 15) is 9.90 Å². The number of rotatable bonds is 5. The van der Waals surface area contributed by atoms with E-state index < -0.39 is 6.10 Å². The van der Waals surface area contributed by atoms with Crippen LogP contribution in [0, 0.1) is 5.92 Å². The molecule has 0 bridgehead atoms. The summed E-state index contributed by atoms with van der Waals surface area (Å²) in [5.74, 6) is 0.0158. The lowest BCUT2D eigenvalue weighted by atomic mass is 10.1. The van der Waals surface area contributed by atoms with Crippen molar-refractivity contribution in [3.8, 4) is 0 Å². The molecule has 19 heavy (non-hydrogen) atoms. The molecule has 1 heterocycles. The second kappa shape index (κ2) is 6.17. The third-order valence-electron chi connectivity index (χ3n) is 2.98. The largest absolute Gasteiger partial charge is 0.383 e. The number of hydrogen-bond donors (Lipinski definition) is 2. The lowest BCUT2D eigenvalue weighted by Gasteiger charge is -2.13. The maximum atomic E-state index is 11.7. The SMILES string of the molecule is CC(C)C[C@@H](O)C(=O)NCc1ccc2sccc2c1. The highest BCUT2D eigenvalue weighted by Crippen LogP contribution is 2.21. The van der Waals surface area contributed by atoms with Gasteiger partial charge < -0.3 is 10.4 Å². The van der Waals surface area contributed by atoms with Gasteiger partial charge in [0.15, 0.2) is 0 Å². The summed E-state index contributed by atoms with van der Waals surface area (Å²) < 4.78 is 1.25. The number of aliphatic hydroxyl groups is 1. The van der Waals surface area contributed by atoms with Crippen molar-refractivity contribution >= 4 is 27.3 Å². The number of fused-ring (bicyclic) bond motifs is 1. The van der Waals surface area contributed by atoms with Gasteiger partial charge >= 0.3 is 0 Å². The highest BCUT2D eigenvalue weighted by molar-refractivity contribution is 7.17. The molecular formula is C15H19NO2S. The number of aliphatic hydroxyl groups excluding tert-OH is 1. The predicted octanol–water partition coefficient (Wildman–Crippen LogP) is 2.92. The molecule has 1 amide bonds. The number of thiophene rings is 1. The number of carbonyl (C=O) groups excluding carboxylic acids is 1. The van der Waals surface area contributed by atoms with Crippen LogP contribution >= 0.6 is 11.3 Å². The highest BCUT2D eigenvalue weighted by Gasteiger charge is 2.15. The number of amides is 1. The summed E-state index contributed by atoms with van der Waals surface area (Å²) in [4.78, 5) is 11.7. The predicted molar refractivity (Wildman–Crippen MR) is 79.1 cm³/mol. The van der Waals surface area contributed by atoms with E-state index in [2.05, 4.69) is 28.9 Å². The van der Waals surface area contributed by atoms with Crippen LogP contribution in [0.3, 0.4) is 0 Å². The molecule has 0 spiro atoms. The van der Waals surface area contributed by atoms with Gasteiger partial charge in [0.05, 0.1) is 0 Å². The molecule has 1 aromatic carbocycles. The molecule has 0 radical (unpaired) electrons. The smallest absolute Gasteiger partial charge is 0.249 e. The van der Waals surface area contributed by atoms with Crippen LogP contribution < -0.4 is 5.32 Å². The van der Waals surface area contributed by atoms with Crippen molar-refractivity contribution in [3.63, 3.8) is 0 Å². The normalized spacial score (nSPS) is 12.8. The Bertz CT molecular complexity index is 562. The number of carbonyl (C=O) groups is 1. The minimum atomic E-state index is -0.912. The Morgan fingerprint density at radius 2 is 2.16 bits per heavy atom. The third-order valence-corrected chi connectivity index (χ3v) is 3.88. The molecule has 1 aromatic heterocycles. The van der Waals surface area contributed by atoms with E-state index in [-0.39, 0.29) is 5.91 Å². The van der Waals surface area contributed by atoms with Crippen molar-refractivity contribution in [3.05, 3.63) is 35.2 Å². The van der Waals surface area contributed by atoms with E-state index in [1.165, 1.54) is 10.1 Å². The Morgan fingerprint density at radius 1 is 1.37 bits per heavy atom. The van der Waals surface area contributed by atoms with Crippen molar-refractivity contribution in [1.82, 2.24) is 5.32 Å². The van der Waals surface area contributed by atoms with Crippen molar-refractivity contribution in [1.29, 1.82) is 0 Å². The Hall–Kier alpha value is -1.39. The number of nitrogens with one attached hydrogen (secondary N) is 1. The first kappa shape index (κ1) is 14.0. The second-order valence-corrected chi connectivity index (χ2v) is 6.10. The zero-order chi connectivity index (χ0) is 13.8. The van der Waals surface area contributed by atoms with Gasteiger partial charge in [-0.3, -0.25) is 4.79 Å². The van der Waals surface area contributed by atoms with Gasteiger partial charge in [-0.15, -0.1) is 11.3 Å². The van der Waals surface area contributed by atoms with Crippen molar-refractivity contribution in [2.45, 2.75) is 32.9 Å². The summed E-state index contributed by atoms with van der Waals surface area (Å²) in [5.41, 5.74) is 1.05. The molecule has 0 saturated heterocycles. The molecule has 3 nitrogen and oxygen atoms in total. The third kappa shape index (κ3) is 3.78. The van der Waals surface area contributed by atoms with Gasteiger partial charge in [0.25, 0.3) is 0 Å². The summed E-state index contributed by atoms with van der Waals surface area (Å²) in [5, 5.41) is 15.7. The monoisotopic (exact) mass is 277 g/mol. The summed E-state index contributed by atoms with van der Waals surface area (Å²) in [6.07, 6.45) is -0.417. The Labute approximate surface area is 117 Å². The van der Waals surface area contributed by atoms with Gasteiger partial charge in [0.1, 0.15) is 6.10 Å². The van der Waals surface area contributed by atoms with Crippen LogP contribution in [0.25, 0.3) is 10.1 Å². The van der Waals surface area contributed by atoms with Crippen molar-refractivity contribution < 1.29 is 9.90 Å². The first-order valence-electron chi connectivity index (χ1n) is 6.48.